The van der Waals surface area contributed by atoms with Crippen molar-refractivity contribution in [2.75, 3.05) is 6.54 Å². The summed E-state index contributed by atoms with van der Waals surface area (Å²) >= 11 is 0. The summed E-state index contributed by atoms with van der Waals surface area (Å²) in [5.41, 5.74) is 1.72. The monoisotopic (exact) mass is 116 g/mol. The van der Waals surface area contributed by atoms with Crippen molar-refractivity contribution >= 4 is 12.6 Å². The molecule has 46 valence electrons. The molecule has 0 aromatic heterocycles. The number of aliphatic imine (C=N–C) groups is 1. The van der Waals surface area contributed by atoms with Crippen molar-refractivity contribution in [2.24, 2.45) is 4.99 Å². The number of rotatable bonds is 4. The molecule has 0 atom stereocenters. The maximum atomic E-state index is 9.61. The summed E-state index contributed by atoms with van der Waals surface area (Å²) in [4.78, 5) is 13.2. The van der Waals surface area contributed by atoms with Gasteiger partial charge in [0.25, 0.3) is 0 Å². The van der Waals surface area contributed by atoms with Gasteiger partial charge in [-0.05, 0) is 0 Å². The van der Waals surface area contributed by atoms with Crippen LogP contribution in [0.3, 0.4) is 0 Å². The lowest BCUT2D eigenvalue weighted by Gasteiger charge is -1.82. The largest absolute Gasteiger partial charge is 0.303 e. The fraction of sp³-hybridized carbons (Fsp3) is 0.500. The number of hydrogen-bond donors (Lipinski definition) is 2. The SMILES string of the molecule is O=CCCN=CNO. The second-order valence-electron chi connectivity index (χ2n) is 1.12. The Hall–Kier alpha value is -0.900. The lowest BCUT2D eigenvalue weighted by molar-refractivity contribution is -0.107. The smallest absolute Gasteiger partial charge is 0.121 e. The summed E-state index contributed by atoms with van der Waals surface area (Å²) in [6.45, 7) is 0.428. The Morgan fingerprint density at radius 2 is 2.50 bits per heavy atom. The van der Waals surface area contributed by atoms with Gasteiger partial charge in [0.15, 0.2) is 0 Å². The van der Waals surface area contributed by atoms with E-state index in [1.54, 1.807) is 5.48 Å². The van der Waals surface area contributed by atoms with Crippen molar-refractivity contribution < 1.29 is 10.0 Å². The first-order valence-electron chi connectivity index (χ1n) is 2.23. The molecule has 0 radical (unpaired) electrons. The second-order valence-corrected chi connectivity index (χ2v) is 1.12. The van der Waals surface area contributed by atoms with Gasteiger partial charge in [-0.15, -0.1) is 0 Å². The molecule has 0 aromatic carbocycles. The lowest BCUT2D eigenvalue weighted by Crippen LogP contribution is -2.02. The van der Waals surface area contributed by atoms with E-state index in [0.717, 1.165) is 12.6 Å². The van der Waals surface area contributed by atoms with E-state index < -0.39 is 0 Å². The molecule has 0 aliphatic rings. The van der Waals surface area contributed by atoms with E-state index in [2.05, 4.69) is 4.99 Å². The van der Waals surface area contributed by atoms with E-state index in [4.69, 9.17) is 5.21 Å². The van der Waals surface area contributed by atoms with E-state index in [1.165, 1.54) is 0 Å². The summed E-state index contributed by atoms with van der Waals surface area (Å²) < 4.78 is 0. The molecule has 0 unspecified atom stereocenters. The molecule has 0 rings (SSSR count). The summed E-state index contributed by atoms with van der Waals surface area (Å²) in [6.07, 6.45) is 2.30. The Morgan fingerprint density at radius 3 is 3.00 bits per heavy atom. The molecule has 0 saturated heterocycles. The molecule has 8 heavy (non-hydrogen) atoms. The van der Waals surface area contributed by atoms with Gasteiger partial charge in [0.2, 0.25) is 0 Å². The number of hydrogen-bond acceptors (Lipinski definition) is 3. The topological polar surface area (TPSA) is 61.7 Å². The molecule has 0 bridgehead atoms. The van der Waals surface area contributed by atoms with Crippen molar-refractivity contribution in [3.05, 3.63) is 0 Å². The molecule has 0 aliphatic heterocycles. The van der Waals surface area contributed by atoms with Crippen molar-refractivity contribution in [3.63, 3.8) is 0 Å². The molecule has 0 amide bonds. The third-order valence-electron chi connectivity index (χ3n) is 0.525. The van der Waals surface area contributed by atoms with Crippen LogP contribution >= 0.6 is 0 Å². The Kier molecular flexibility index (Phi) is 5.41. The predicted molar refractivity (Wildman–Crippen MR) is 29.0 cm³/mol. The van der Waals surface area contributed by atoms with Crippen LogP contribution in [-0.4, -0.2) is 24.4 Å². The zero-order valence-electron chi connectivity index (χ0n) is 4.37. The first kappa shape index (κ1) is 7.10. The summed E-state index contributed by atoms with van der Waals surface area (Å²) in [6, 6.07) is 0. The standard InChI is InChI=1S/C4H8N2O2/c7-3-1-2-5-4-6-8/h3-4,8H,1-2H2,(H,5,6). The number of nitrogens with one attached hydrogen (secondary N) is 1. The highest BCUT2D eigenvalue weighted by Gasteiger charge is 1.74. The minimum absolute atomic E-state index is 0.401. The molecular formula is C4H8N2O2. The van der Waals surface area contributed by atoms with Gasteiger partial charge in [0.1, 0.15) is 12.6 Å². The highest BCUT2D eigenvalue weighted by molar-refractivity contribution is 5.54. The third kappa shape index (κ3) is 5.10. The van der Waals surface area contributed by atoms with Crippen LogP contribution in [-0.2, 0) is 4.79 Å². The first-order chi connectivity index (χ1) is 3.91. The summed E-state index contributed by atoms with van der Waals surface area (Å²) in [5.74, 6) is 0. The number of carbonyl (C=O) groups is 1. The fourth-order valence-electron chi connectivity index (χ4n) is 0.233. The van der Waals surface area contributed by atoms with Crippen molar-refractivity contribution in [1.29, 1.82) is 0 Å². The van der Waals surface area contributed by atoms with Crippen LogP contribution in [0.4, 0.5) is 0 Å². The zero-order valence-corrected chi connectivity index (χ0v) is 4.37. The maximum absolute atomic E-state index is 9.61. The molecule has 0 saturated carbocycles. The summed E-state index contributed by atoms with van der Waals surface area (Å²) in [5, 5.41) is 7.88. The van der Waals surface area contributed by atoms with Crippen LogP contribution in [0.5, 0.6) is 0 Å². The van der Waals surface area contributed by atoms with Crippen LogP contribution < -0.4 is 5.48 Å². The van der Waals surface area contributed by atoms with Crippen molar-refractivity contribution in [1.82, 2.24) is 5.48 Å². The average Bonchev–Trinajstić information content (AvgIpc) is 1.81. The normalized spacial score (nSPS) is 9.62. The molecular weight excluding hydrogens is 108 g/mol. The van der Waals surface area contributed by atoms with Gasteiger partial charge < -0.3 is 4.79 Å². The number of carbonyl (C=O) groups excluding carboxylic acids is 1. The van der Waals surface area contributed by atoms with E-state index in [-0.39, 0.29) is 0 Å². The quantitative estimate of drug-likeness (QED) is 0.172. The number of nitrogens with zero attached hydrogens (tertiary/aromatic N) is 1. The van der Waals surface area contributed by atoms with Crippen molar-refractivity contribution in [3.8, 4) is 0 Å². The number of hydroxylamine groups is 1. The number of aldehydes is 1. The van der Waals surface area contributed by atoms with Gasteiger partial charge in [-0.2, -0.15) is 0 Å². The van der Waals surface area contributed by atoms with E-state index in [0.29, 0.717) is 13.0 Å². The van der Waals surface area contributed by atoms with Gasteiger partial charge in [-0.1, -0.05) is 0 Å². The highest BCUT2D eigenvalue weighted by atomic mass is 16.5. The Labute approximate surface area is 47.2 Å². The fourth-order valence-corrected chi connectivity index (χ4v) is 0.233. The van der Waals surface area contributed by atoms with Gasteiger partial charge in [-0.25, -0.2) is 0 Å². The van der Waals surface area contributed by atoms with Gasteiger partial charge >= 0.3 is 0 Å². The Balaban J connectivity index is 2.90. The predicted octanol–water partition coefficient (Wildman–Crippen LogP) is -0.417. The van der Waals surface area contributed by atoms with Gasteiger partial charge in [-0.3, -0.25) is 15.7 Å². The Bertz CT molecular complexity index is 82.1. The molecule has 0 heterocycles. The molecule has 0 aliphatic carbocycles. The van der Waals surface area contributed by atoms with Gasteiger partial charge in [0.05, 0.1) is 0 Å². The zero-order chi connectivity index (χ0) is 6.24. The minimum atomic E-state index is 0.401. The second kappa shape index (κ2) is 6.10. The van der Waals surface area contributed by atoms with Crippen LogP contribution in [0.1, 0.15) is 6.42 Å². The molecule has 2 N–H and O–H groups in total. The minimum Gasteiger partial charge on any atom is -0.303 e. The molecule has 0 aromatic rings. The van der Waals surface area contributed by atoms with Crippen LogP contribution in [0.15, 0.2) is 4.99 Å². The van der Waals surface area contributed by atoms with Crippen molar-refractivity contribution in [2.45, 2.75) is 6.42 Å². The molecule has 0 spiro atoms. The summed E-state index contributed by atoms with van der Waals surface area (Å²) in [7, 11) is 0. The lowest BCUT2D eigenvalue weighted by atomic mass is 10.5. The van der Waals surface area contributed by atoms with Crippen LogP contribution in [0.25, 0.3) is 0 Å². The molecule has 0 fully saturated rings. The van der Waals surface area contributed by atoms with Crippen LogP contribution in [0, 0.1) is 0 Å². The third-order valence-corrected chi connectivity index (χ3v) is 0.525. The first-order valence-corrected chi connectivity index (χ1v) is 2.23. The van der Waals surface area contributed by atoms with E-state index >= 15 is 0 Å². The maximum Gasteiger partial charge on any atom is 0.121 e. The Morgan fingerprint density at radius 1 is 1.75 bits per heavy atom. The highest BCUT2D eigenvalue weighted by Crippen LogP contribution is 1.70. The average molecular weight is 116 g/mol. The van der Waals surface area contributed by atoms with E-state index in [1.807, 2.05) is 0 Å². The van der Waals surface area contributed by atoms with Crippen LogP contribution in [0.2, 0.25) is 0 Å². The van der Waals surface area contributed by atoms with Gasteiger partial charge in [0, 0.05) is 13.0 Å². The molecule has 4 heteroatoms. The van der Waals surface area contributed by atoms with E-state index in [9.17, 15) is 4.79 Å². The molecule has 4 nitrogen and oxygen atoms in total.